The minimum Gasteiger partial charge on any atom is -0.487 e. The zero-order valence-electron chi connectivity index (χ0n) is 15.3. The molecular weight excluding hydrogens is 721 g/mol. The van der Waals surface area contributed by atoms with Crippen molar-refractivity contribution in [1.29, 1.82) is 5.26 Å². The largest absolute Gasteiger partial charge is 0.487 e. The van der Waals surface area contributed by atoms with Crippen LogP contribution < -0.4 is 4.74 Å². The van der Waals surface area contributed by atoms with E-state index in [-0.39, 0.29) is 5.69 Å². The Balaban J connectivity index is 1.83. The van der Waals surface area contributed by atoms with Crippen molar-refractivity contribution in [1.82, 2.24) is 0 Å². The molecule has 0 aliphatic rings. The van der Waals surface area contributed by atoms with E-state index >= 15 is 0 Å². The number of rotatable bonds is 6. The first-order chi connectivity index (χ1) is 14.4. The van der Waals surface area contributed by atoms with Crippen LogP contribution in [0.4, 0.5) is 5.69 Å². The fourth-order valence-electron chi connectivity index (χ4n) is 2.65. The van der Waals surface area contributed by atoms with Gasteiger partial charge in [0.05, 0.1) is 23.7 Å². The minimum absolute atomic E-state index is 0.00485. The quantitative estimate of drug-likeness (QED) is 0.0895. The van der Waals surface area contributed by atoms with Gasteiger partial charge < -0.3 is 4.74 Å². The van der Waals surface area contributed by atoms with Crippen LogP contribution in [-0.2, 0) is 6.61 Å². The van der Waals surface area contributed by atoms with E-state index in [2.05, 4.69) is 73.8 Å². The van der Waals surface area contributed by atoms with Crippen LogP contribution in [-0.4, -0.2) is 4.92 Å². The zero-order chi connectivity index (χ0) is 21.7. The minimum atomic E-state index is -0.459. The summed E-state index contributed by atoms with van der Waals surface area (Å²) in [7, 11) is 0. The maximum Gasteiger partial charge on any atom is 0.269 e. The molecule has 0 amide bonds. The third-order valence-corrected chi connectivity index (χ3v) is 6.46. The van der Waals surface area contributed by atoms with Crippen LogP contribution in [0.15, 0.2) is 60.7 Å². The van der Waals surface area contributed by atoms with Crippen molar-refractivity contribution in [2.24, 2.45) is 0 Å². The SMILES string of the molecule is N#C/C(=C/c1cc(I)c(OCc2ccc(I)cc2)c(I)c1)c1ccc([N+](=O)[O-])cc1. The van der Waals surface area contributed by atoms with Crippen molar-refractivity contribution >= 4 is 85.1 Å². The number of hydrogen-bond acceptors (Lipinski definition) is 4. The molecule has 3 aromatic rings. The Morgan fingerprint density at radius 2 is 1.63 bits per heavy atom. The van der Waals surface area contributed by atoms with E-state index in [1.165, 1.54) is 15.7 Å². The van der Waals surface area contributed by atoms with E-state index in [0.717, 1.165) is 24.0 Å². The molecule has 5 nitrogen and oxygen atoms in total. The third-order valence-electron chi connectivity index (χ3n) is 4.14. The molecule has 0 N–H and O–H groups in total. The molecule has 0 saturated carbocycles. The van der Waals surface area contributed by atoms with Crippen LogP contribution in [0.2, 0.25) is 0 Å². The number of nitrogens with zero attached hydrogens (tertiary/aromatic N) is 2. The van der Waals surface area contributed by atoms with Crippen molar-refractivity contribution in [3.8, 4) is 11.8 Å². The molecule has 150 valence electrons. The maximum atomic E-state index is 10.8. The lowest BCUT2D eigenvalue weighted by Gasteiger charge is -2.12. The van der Waals surface area contributed by atoms with E-state index < -0.39 is 4.92 Å². The lowest BCUT2D eigenvalue weighted by Crippen LogP contribution is -1.99. The van der Waals surface area contributed by atoms with Crippen molar-refractivity contribution in [3.05, 3.63) is 98.2 Å². The highest BCUT2D eigenvalue weighted by atomic mass is 127. The Kier molecular flexibility index (Phi) is 8.06. The number of ether oxygens (including phenoxy) is 1. The van der Waals surface area contributed by atoms with Gasteiger partial charge in [-0.1, -0.05) is 12.1 Å². The molecule has 0 aliphatic heterocycles. The molecule has 0 atom stereocenters. The predicted octanol–water partition coefficient (Wildman–Crippen LogP) is 7.05. The van der Waals surface area contributed by atoms with Gasteiger partial charge in [0.2, 0.25) is 0 Å². The number of hydrogen-bond donors (Lipinski definition) is 0. The molecule has 0 heterocycles. The number of benzene rings is 3. The molecule has 0 bridgehead atoms. The zero-order valence-corrected chi connectivity index (χ0v) is 21.8. The van der Waals surface area contributed by atoms with Crippen molar-refractivity contribution in [2.45, 2.75) is 6.61 Å². The summed E-state index contributed by atoms with van der Waals surface area (Å²) in [5, 5.41) is 20.4. The van der Waals surface area contributed by atoms with Crippen molar-refractivity contribution in [2.75, 3.05) is 0 Å². The molecule has 0 aliphatic carbocycles. The molecule has 3 rings (SSSR count). The van der Waals surface area contributed by atoms with Gasteiger partial charge in [0.1, 0.15) is 12.4 Å². The van der Waals surface area contributed by atoms with E-state index in [1.807, 2.05) is 36.4 Å². The van der Waals surface area contributed by atoms with E-state index in [0.29, 0.717) is 17.7 Å². The molecule has 3 aromatic carbocycles. The van der Waals surface area contributed by atoms with Gasteiger partial charge in [0, 0.05) is 15.7 Å². The Morgan fingerprint density at radius 1 is 1.03 bits per heavy atom. The topological polar surface area (TPSA) is 76.2 Å². The lowest BCUT2D eigenvalue weighted by atomic mass is 10.0. The standard InChI is InChI=1S/C22H13I3N2O3/c23-18-5-1-14(2-6-18)13-30-22-20(24)10-15(11-21(22)25)9-17(12-26)16-3-7-19(8-4-16)27(28)29/h1-11H,13H2/b17-9-. The number of non-ortho nitro benzene ring substituents is 1. The monoisotopic (exact) mass is 734 g/mol. The molecule has 0 saturated heterocycles. The van der Waals surface area contributed by atoms with E-state index in [4.69, 9.17) is 4.74 Å². The van der Waals surface area contributed by atoms with E-state index in [9.17, 15) is 15.4 Å². The summed E-state index contributed by atoms with van der Waals surface area (Å²) in [6, 6.07) is 20.2. The van der Waals surface area contributed by atoms with E-state index in [1.54, 1.807) is 18.2 Å². The fraction of sp³-hybridized carbons (Fsp3) is 0.0455. The normalized spacial score (nSPS) is 11.1. The van der Waals surface area contributed by atoms with Gasteiger partial charge in [-0.15, -0.1) is 0 Å². The van der Waals surface area contributed by atoms with Crippen molar-refractivity contribution < 1.29 is 9.66 Å². The summed E-state index contributed by atoms with van der Waals surface area (Å²) >= 11 is 6.72. The highest BCUT2D eigenvalue weighted by molar-refractivity contribution is 14.1. The highest BCUT2D eigenvalue weighted by Crippen LogP contribution is 2.31. The molecule has 8 heteroatoms. The van der Waals surface area contributed by atoms with Gasteiger partial charge in [-0.05, 0) is 127 Å². The van der Waals surface area contributed by atoms with Crippen LogP contribution in [0.25, 0.3) is 11.6 Å². The van der Waals surface area contributed by atoms with Crippen LogP contribution in [0, 0.1) is 32.2 Å². The van der Waals surface area contributed by atoms with Crippen LogP contribution in [0.5, 0.6) is 5.75 Å². The second kappa shape index (κ2) is 10.5. The number of nitriles is 1. The van der Waals surface area contributed by atoms with Crippen LogP contribution in [0.1, 0.15) is 16.7 Å². The average molecular weight is 734 g/mol. The maximum absolute atomic E-state index is 10.8. The molecule has 0 radical (unpaired) electrons. The van der Waals surface area contributed by atoms with Crippen LogP contribution in [0.3, 0.4) is 0 Å². The van der Waals surface area contributed by atoms with Crippen LogP contribution >= 0.6 is 67.8 Å². The lowest BCUT2D eigenvalue weighted by molar-refractivity contribution is -0.384. The second-order valence-electron chi connectivity index (χ2n) is 6.20. The summed E-state index contributed by atoms with van der Waals surface area (Å²) in [5.74, 6) is 0.806. The Morgan fingerprint density at radius 3 is 2.17 bits per heavy atom. The number of nitro benzene ring substituents is 1. The first-order valence-corrected chi connectivity index (χ1v) is 11.8. The third kappa shape index (κ3) is 5.92. The number of halogens is 3. The first kappa shape index (κ1) is 23.0. The molecule has 0 unspecified atom stereocenters. The molecule has 0 aromatic heterocycles. The first-order valence-electron chi connectivity index (χ1n) is 8.60. The molecule has 30 heavy (non-hydrogen) atoms. The Hall–Kier alpha value is -1.72. The predicted molar refractivity (Wildman–Crippen MR) is 142 cm³/mol. The fourth-order valence-corrected chi connectivity index (χ4v) is 5.13. The second-order valence-corrected chi connectivity index (χ2v) is 9.77. The number of nitro groups is 1. The molecule has 0 fully saturated rings. The number of allylic oxidation sites excluding steroid dienone is 1. The summed E-state index contributed by atoms with van der Waals surface area (Å²) in [6.07, 6.45) is 1.77. The Bertz CT molecular complexity index is 1130. The van der Waals surface area contributed by atoms with Gasteiger partial charge in [-0.25, -0.2) is 0 Å². The summed E-state index contributed by atoms with van der Waals surface area (Å²) < 4.78 is 9.10. The molecular formula is C22H13I3N2O3. The highest BCUT2D eigenvalue weighted by Gasteiger charge is 2.11. The van der Waals surface area contributed by atoms with Gasteiger partial charge in [0.15, 0.2) is 0 Å². The summed E-state index contributed by atoms with van der Waals surface area (Å²) in [6.45, 7) is 0.477. The average Bonchev–Trinajstić information content (AvgIpc) is 2.73. The summed E-state index contributed by atoms with van der Waals surface area (Å²) in [5.41, 5.74) is 3.02. The smallest absolute Gasteiger partial charge is 0.269 e. The van der Waals surface area contributed by atoms with Gasteiger partial charge in [0.25, 0.3) is 5.69 Å². The molecule has 0 spiro atoms. The van der Waals surface area contributed by atoms with Gasteiger partial charge in [-0.3, -0.25) is 10.1 Å². The summed E-state index contributed by atoms with van der Waals surface area (Å²) in [4.78, 5) is 10.4. The van der Waals surface area contributed by atoms with Gasteiger partial charge in [-0.2, -0.15) is 5.26 Å². The van der Waals surface area contributed by atoms with Gasteiger partial charge >= 0.3 is 0 Å². The Labute approximate surface area is 214 Å². The van der Waals surface area contributed by atoms with Crippen molar-refractivity contribution in [3.63, 3.8) is 0 Å².